The fourth-order valence-electron chi connectivity index (χ4n) is 3.91. The van der Waals surface area contributed by atoms with Crippen molar-refractivity contribution >= 4 is 17.5 Å². The first-order chi connectivity index (χ1) is 14.9. The minimum absolute atomic E-state index is 0.0423. The molecule has 1 aliphatic carbocycles. The van der Waals surface area contributed by atoms with Gasteiger partial charge < -0.3 is 20.5 Å². The van der Waals surface area contributed by atoms with Crippen molar-refractivity contribution in [2.75, 3.05) is 19.8 Å². The molecule has 3 heterocycles. The molecule has 168 valence electrons. The highest BCUT2D eigenvalue weighted by atomic mass is 16.5. The van der Waals surface area contributed by atoms with Gasteiger partial charge in [-0.15, -0.1) is 0 Å². The molecule has 1 aliphatic heterocycles. The number of nitrogens with one attached hydrogen (secondary N) is 3. The Morgan fingerprint density at radius 1 is 1.26 bits per heavy atom. The van der Waals surface area contributed by atoms with Gasteiger partial charge >= 0.3 is 17.1 Å². The van der Waals surface area contributed by atoms with E-state index in [0.29, 0.717) is 32.2 Å². The average molecular weight is 433 g/mol. The van der Waals surface area contributed by atoms with Gasteiger partial charge in [0, 0.05) is 25.8 Å². The Balaban J connectivity index is 1.71. The van der Waals surface area contributed by atoms with E-state index in [1.807, 2.05) is 13.8 Å². The Morgan fingerprint density at radius 3 is 2.61 bits per heavy atom. The molecule has 0 unspecified atom stereocenters. The zero-order valence-electron chi connectivity index (χ0n) is 17.9. The van der Waals surface area contributed by atoms with E-state index >= 15 is 0 Å². The van der Waals surface area contributed by atoms with Crippen molar-refractivity contribution < 1.29 is 24.0 Å². The third kappa shape index (κ3) is 4.43. The fraction of sp³-hybridized carbons (Fsp3) is 0.619. The molecule has 31 heavy (non-hydrogen) atoms. The molecular formula is C21H30N5O5+. The van der Waals surface area contributed by atoms with Gasteiger partial charge in [0.1, 0.15) is 0 Å². The number of aromatic amines is 1. The second-order valence-electron chi connectivity index (χ2n) is 8.87. The summed E-state index contributed by atoms with van der Waals surface area (Å²) in [4.78, 5) is 38.6. The van der Waals surface area contributed by atoms with Crippen molar-refractivity contribution in [2.24, 2.45) is 11.8 Å². The second kappa shape index (κ2) is 8.70. The van der Waals surface area contributed by atoms with E-state index in [1.54, 1.807) is 0 Å². The molecular weight excluding hydrogens is 402 g/mol. The molecule has 2 fully saturated rings. The van der Waals surface area contributed by atoms with Crippen molar-refractivity contribution in [2.45, 2.75) is 52.1 Å². The van der Waals surface area contributed by atoms with Gasteiger partial charge in [-0.2, -0.15) is 4.57 Å². The number of hydrogen-bond donors (Lipinski definition) is 4. The minimum atomic E-state index is -0.686. The largest absolute Gasteiger partial charge is 0.477 e. The quantitative estimate of drug-likeness (QED) is 0.469. The van der Waals surface area contributed by atoms with Crippen LogP contribution in [0.4, 0.5) is 0 Å². The Hall–Kier alpha value is -2.88. The normalized spacial score (nSPS) is 17.3. The molecule has 10 nitrogen and oxygen atoms in total. The number of hydrogen-bond acceptors (Lipinski definition) is 5. The van der Waals surface area contributed by atoms with Crippen molar-refractivity contribution in [3.8, 4) is 5.88 Å². The summed E-state index contributed by atoms with van der Waals surface area (Å²) in [5, 5.41) is 19.4. The summed E-state index contributed by atoms with van der Waals surface area (Å²) >= 11 is 0. The number of carbonyl (C=O) groups is 2. The standard InChI is InChI=1S/C21H29N5O5/c1-12(2)11-25-19-15(17(27)22-9-13-5-7-31-8-6-13)10-23-26(19)21(30)16(20(25)29)18(28)24-14-3-4-14/h10,12-14H,3-9,11H2,1-2H3,(H3,22,24,27,28,29,30)/p+1. The molecule has 2 aromatic rings. The molecule has 0 bridgehead atoms. The van der Waals surface area contributed by atoms with Crippen LogP contribution in [0.2, 0.25) is 0 Å². The highest BCUT2D eigenvalue weighted by Crippen LogP contribution is 2.21. The van der Waals surface area contributed by atoms with Crippen LogP contribution < -0.4 is 20.8 Å². The average Bonchev–Trinajstić information content (AvgIpc) is 3.43. The summed E-state index contributed by atoms with van der Waals surface area (Å²) in [5.41, 5.74) is -0.520. The van der Waals surface area contributed by atoms with Crippen LogP contribution in [0.25, 0.3) is 5.65 Å². The van der Waals surface area contributed by atoms with Crippen LogP contribution in [0, 0.1) is 11.8 Å². The molecule has 2 amide bonds. The van der Waals surface area contributed by atoms with Gasteiger partial charge in [-0.25, -0.2) is 9.89 Å². The Bertz CT molecular complexity index is 1050. The first-order valence-electron chi connectivity index (χ1n) is 10.9. The van der Waals surface area contributed by atoms with Gasteiger partial charge in [0.15, 0.2) is 5.56 Å². The lowest BCUT2D eigenvalue weighted by atomic mass is 10.0. The molecule has 4 N–H and O–H groups in total. The Kier molecular flexibility index (Phi) is 5.99. The van der Waals surface area contributed by atoms with Crippen LogP contribution in [0.5, 0.6) is 5.88 Å². The number of nitrogens with zero attached hydrogens (tertiary/aromatic N) is 2. The molecule has 0 spiro atoms. The van der Waals surface area contributed by atoms with Crippen molar-refractivity contribution in [1.29, 1.82) is 0 Å². The molecule has 1 saturated heterocycles. The highest BCUT2D eigenvalue weighted by molar-refractivity contribution is 6.00. The summed E-state index contributed by atoms with van der Waals surface area (Å²) in [7, 11) is 0. The monoisotopic (exact) mass is 432 g/mol. The smallest absolute Gasteiger partial charge is 0.378 e. The summed E-state index contributed by atoms with van der Waals surface area (Å²) in [5.74, 6) is -0.909. The van der Waals surface area contributed by atoms with Crippen LogP contribution in [-0.2, 0) is 11.3 Å². The molecule has 10 heteroatoms. The zero-order chi connectivity index (χ0) is 22.1. The number of ether oxygens (including phenoxy) is 1. The first kappa shape index (κ1) is 21.4. The maximum atomic E-state index is 13.0. The van der Waals surface area contributed by atoms with Crippen LogP contribution in [-0.4, -0.2) is 52.3 Å². The number of rotatable bonds is 7. The van der Waals surface area contributed by atoms with Gasteiger partial charge in [0.25, 0.3) is 11.8 Å². The fourth-order valence-corrected chi connectivity index (χ4v) is 3.91. The predicted octanol–water partition coefficient (Wildman–Crippen LogP) is 0.325. The van der Waals surface area contributed by atoms with E-state index in [-0.39, 0.29) is 34.6 Å². The van der Waals surface area contributed by atoms with Crippen LogP contribution in [0.15, 0.2) is 11.0 Å². The number of fused-ring (bicyclic) bond motifs is 1. The molecule has 0 radical (unpaired) electrons. The lowest BCUT2D eigenvalue weighted by Crippen LogP contribution is -2.46. The van der Waals surface area contributed by atoms with Crippen molar-refractivity contribution in [1.82, 2.24) is 20.2 Å². The first-order valence-corrected chi connectivity index (χ1v) is 10.9. The van der Waals surface area contributed by atoms with E-state index in [0.717, 1.165) is 30.2 Å². The molecule has 2 aliphatic rings. The van der Waals surface area contributed by atoms with Crippen molar-refractivity contribution in [3.63, 3.8) is 0 Å². The number of aromatic hydroxyl groups is 1. The lowest BCUT2D eigenvalue weighted by molar-refractivity contribution is -0.686. The van der Waals surface area contributed by atoms with Crippen LogP contribution >= 0.6 is 0 Å². The summed E-state index contributed by atoms with van der Waals surface area (Å²) < 4.78 is 7.98. The maximum Gasteiger partial charge on any atom is 0.378 e. The van der Waals surface area contributed by atoms with Gasteiger partial charge in [0.05, 0.1) is 12.7 Å². The van der Waals surface area contributed by atoms with Crippen LogP contribution in [0.1, 0.15) is 60.2 Å². The summed E-state index contributed by atoms with van der Waals surface area (Å²) in [6.45, 7) is 6.14. The van der Waals surface area contributed by atoms with E-state index in [4.69, 9.17) is 4.74 Å². The van der Waals surface area contributed by atoms with E-state index in [1.165, 1.54) is 10.8 Å². The van der Waals surface area contributed by atoms with Crippen LogP contribution in [0.3, 0.4) is 0 Å². The molecule has 0 aromatic carbocycles. The topological polar surface area (TPSA) is 129 Å². The molecule has 4 rings (SSSR count). The number of amides is 2. The number of aromatic nitrogens is 3. The van der Waals surface area contributed by atoms with Gasteiger partial charge in [-0.1, -0.05) is 18.4 Å². The molecule has 0 atom stereocenters. The van der Waals surface area contributed by atoms with E-state index < -0.39 is 17.3 Å². The minimum Gasteiger partial charge on any atom is -0.477 e. The third-order valence-corrected chi connectivity index (χ3v) is 5.77. The predicted molar refractivity (Wildman–Crippen MR) is 111 cm³/mol. The number of H-pyrrole nitrogens is 1. The maximum absolute atomic E-state index is 13.0. The second-order valence-corrected chi connectivity index (χ2v) is 8.87. The highest BCUT2D eigenvalue weighted by Gasteiger charge is 2.35. The third-order valence-electron chi connectivity index (χ3n) is 5.77. The summed E-state index contributed by atoms with van der Waals surface area (Å²) in [6, 6.07) is 0.0423. The number of carbonyl (C=O) groups excluding carboxylic acids is 2. The molecule has 1 saturated carbocycles. The SMILES string of the molecule is CC(C)C[n+]1c(O)c(C(=O)NC2CC2)c(=O)n2[nH]cc(C(=O)NCC3CCOCC3)c21. The van der Waals surface area contributed by atoms with Gasteiger partial charge in [-0.3, -0.25) is 9.59 Å². The molecule has 2 aromatic heterocycles. The van der Waals surface area contributed by atoms with Gasteiger partial charge in [-0.05, 0) is 37.5 Å². The summed E-state index contributed by atoms with van der Waals surface area (Å²) in [6.07, 6.45) is 4.95. The van der Waals surface area contributed by atoms with E-state index in [9.17, 15) is 19.5 Å². The van der Waals surface area contributed by atoms with Gasteiger partial charge in [0.2, 0.25) is 5.56 Å². The van der Waals surface area contributed by atoms with Crippen molar-refractivity contribution in [3.05, 3.63) is 27.7 Å². The Morgan fingerprint density at radius 2 is 1.97 bits per heavy atom. The lowest BCUT2D eigenvalue weighted by Gasteiger charge is -2.21. The Labute approximate surface area is 179 Å². The van der Waals surface area contributed by atoms with E-state index in [2.05, 4.69) is 15.7 Å². The zero-order valence-corrected chi connectivity index (χ0v) is 17.9.